The van der Waals surface area contributed by atoms with Gasteiger partial charge in [0, 0.05) is 17.8 Å². The maximum atomic E-state index is 12.0. The lowest BCUT2D eigenvalue weighted by Gasteiger charge is -2.21. The van der Waals surface area contributed by atoms with Gasteiger partial charge in [-0.25, -0.2) is 0 Å². The minimum atomic E-state index is 0. The van der Waals surface area contributed by atoms with Gasteiger partial charge in [-0.3, -0.25) is 4.79 Å². The molecule has 0 bridgehead atoms. The first-order valence-electron chi connectivity index (χ1n) is 7.31. The van der Waals surface area contributed by atoms with Gasteiger partial charge in [0.2, 0.25) is 5.91 Å². The lowest BCUT2D eigenvalue weighted by molar-refractivity contribution is -0.116. The highest BCUT2D eigenvalue weighted by molar-refractivity contribution is 5.92. The van der Waals surface area contributed by atoms with Gasteiger partial charge in [0.1, 0.15) is 0 Å². The molecule has 0 spiro atoms. The van der Waals surface area contributed by atoms with Crippen LogP contribution in [0.2, 0.25) is 0 Å². The van der Waals surface area contributed by atoms with Gasteiger partial charge in [-0.1, -0.05) is 38.2 Å². The minimum absolute atomic E-state index is 0. The zero-order valence-corrected chi connectivity index (χ0v) is 13.0. The molecule has 1 saturated carbocycles. The van der Waals surface area contributed by atoms with Crippen molar-refractivity contribution < 1.29 is 4.79 Å². The van der Waals surface area contributed by atoms with E-state index >= 15 is 0 Å². The molecular weight excluding hydrogens is 272 g/mol. The molecule has 4 heteroatoms. The quantitative estimate of drug-likeness (QED) is 0.814. The molecule has 1 aromatic rings. The fourth-order valence-corrected chi connectivity index (χ4v) is 2.80. The Morgan fingerprint density at radius 3 is 2.70 bits per heavy atom. The number of halogens is 1. The minimum Gasteiger partial charge on any atom is -0.399 e. The van der Waals surface area contributed by atoms with Crippen molar-refractivity contribution in [1.29, 1.82) is 0 Å². The number of carbonyl (C=O) groups excluding carboxylic acids is 1. The second-order valence-electron chi connectivity index (χ2n) is 5.67. The molecule has 1 amide bonds. The van der Waals surface area contributed by atoms with Crippen LogP contribution in [-0.4, -0.2) is 5.91 Å². The number of hydrogen-bond donors (Lipinski definition) is 2. The Morgan fingerprint density at radius 1 is 1.30 bits per heavy atom. The molecule has 2 rings (SSSR count). The standard InChI is InChI=1S/C16H24N2O.ClH/c1-12-7-9-14(17)11-15(12)18-16(19)10-8-13-5-3-2-4-6-13;/h7,9,11,13H,2-6,8,10,17H2,1H3,(H,18,19);1H. The average Bonchev–Trinajstić information content (AvgIpc) is 2.42. The van der Waals surface area contributed by atoms with Crippen LogP contribution in [0.15, 0.2) is 18.2 Å². The van der Waals surface area contributed by atoms with Crippen LogP contribution in [0.4, 0.5) is 11.4 Å². The van der Waals surface area contributed by atoms with Gasteiger partial charge in [-0.15, -0.1) is 12.4 Å². The molecule has 3 nitrogen and oxygen atoms in total. The lowest BCUT2D eigenvalue weighted by atomic mass is 9.86. The van der Waals surface area contributed by atoms with Crippen LogP contribution in [0.3, 0.4) is 0 Å². The Kier molecular flexibility index (Phi) is 6.86. The lowest BCUT2D eigenvalue weighted by Crippen LogP contribution is -2.15. The maximum absolute atomic E-state index is 12.0. The van der Waals surface area contributed by atoms with E-state index in [9.17, 15) is 4.79 Å². The van der Waals surface area contributed by atoms with Gasteiger partial charge in [-0.2, -0.15) is 0 Å². The third kappa shape index (κ3) is 5.04. The second-order valence-corrected chi connectivity index (χ2v) is 5.67. The van der Waals surface area contributed by atoms with E-state index in [1.165, 1.54) is 32.1 Å². The molecule has 1 aromatic carbocycles. The fourth-order valence-electron chi connectivity index (χ4n) is 2.80. The van der Waals surface area contributed by atoms with Crippen LogP contribution >= 0.6 is 12.4 Å². The van der Waals surface area contributed by atoms with Crippen molar-refractivity contribution in [3.8, 4) is 0 Å². The van der Waals surface area contributed by atoms with Crippen molar-refractivity contribution in [2.45, 2.75) is 51.9 Å². The fraction of sp³-hybridized carbons (Fsp3) is 0.562. The zero-order valence-electron chi connectivity index (χ0n) is 12.2. The van der Waals surface area contributed by atoms with Crippen molar-refractivity contribution in [3.05, 3.63) is 23.8 Å². The second kappa shape index (κ2) is 8.15. The molecule has 0 heterocycles. The number of aryl methyl sites for hydroxylation is 1. The first-order valence-corrected chi connectivity index (χ1v) is 7.31. The van der Waals surface area contributed by atoms with Crippen molar-refractivity contribution in [2.75, 3.05) is 11.1 Å². The van der Waals surface area contributed by atoms with Crippen molar-refractivity contribution in [2.24, 2.45) is 5.92 Å². The van der Waals surface area contributed by atoms with E-state index in [-0.39, 0.29) is 18.3 Å². The van der Waals surface area contributed by atoms with Crippen LogP contribution in [0.1, 0.15) is 50.5 Å². The SMILES string of the molecule is Cc1ccc(N)cc1NC(=O)CCC1CCCCC1.Cl. The number of carbonyl (C=O) groups is 1. The number of nitrogen functional groups attached to an aromatic ring is 1. The highest BCUT2D eigenvalue weighted by atomic mass is 35.5. The normalized spacial score (nSPS) is 15.4. The molecule has 3 N–H and O–H groups in total. The predicted molar refractivity (Wildman–Crippen MR) is 87.3 cm³/mol. The Labute approximate surface area is 127 Å². The van der Waals surface area contributed by atoms with Gasteiger partial charge in [-0.05, 0) is 37.0 Å². The van der Waals surface area contributed by atoms with Crippen LogP contribution in [0, 0.1) is 12.8 Å². The van der Waals surface area contributed by atoms with Crippen LogP contribution in [-0.2, 0) is 4.79 Å². The van der Waals surface area contributed by atoms with E-state index in [0.717, 1.165) is 23.6 Å². The van der Waals surface area contributed by atoms with Gasteiger partial charge in [0.25, 0.3) is 0 Å². The topological polar surface area (TPSA) is 55.1 Å². The smallest absolute Gasteiger partial charge is 0.224 e. The van der Waals surface area contributed by atoms with E-state index in [0.29, 0.717) is 12.1 Å². The number of hydrogen-bond acceptors (Lipinski definition) is 2. The summed E-state index contributed by atoms with van der Waals surface area (Å²) in [6.45, 7) is 1.98. The molecule has 0 atom stereocenters. The van der Waals surface area contributed by atoms with E-state index in [4.69, 9.17) is 5.73 Å². The molecule has 112 valence electrons. The molecule has 1 aliphatic carbocycles. The molecule has 1 fully saturated rings. The molecule has 0 aliphatic heterocycles. The molecule has 1 aliphatic rings. The van der Waals surface area contributed by atoms with Crippen LogP contribution < -0.4 is 11.1 Å². The summed E-state index contributed by atoms with van der Waals surface area (Å²) in [5.41, 5.74) is 8.33. The highest BCUT2D eigenvalue weighted by Crippen LogP contribution is 2.27. The Morgan fingerprint density at radius 2 is 2.00 bits per heavy atom. The number of nitrogens with one attached hydrogen (secondary N) is 1. The summed E-state index contributed by atoms with van der Waals surface area (Å²) in [5.74, 6) is 0.862. The van der Waals surface area contributed by atoms with E-state index in [2.05, 4.69) is 5.32 Å². The Hall–Kier alpha value is -1.22. The van der Waals surface area contributed by atoms with Crippen molar-refractivity contribution in [3.63, 3.8) is 0 Å². The molecule has 0 unspecified atom stereocenters. The van der Waals surface area contributed by atoms with Crippen LogP contribution in [0.5, 0.6) is 0 Å². The first kappa shape index (κ1) is 16.8. The summed E-state index contributed by atoms with van der Waals surface area (Å²) in [7, 11) is 0. The van der Waals surface area contributed by atoms with E-state index < -0.39 is 0 Å². The molecular formula is C16H25ClN2O. The van der Waals surface area contributed by atoms with Crippen molar-refractivity contribution in [1.82, 2.24) is 0 Å². The summed E-state index contributed by atoms with van der Waals surface area (Å²) in [6.07, 6.45) is 8.27. The summed E-state index contributed by atoms with van der Waals surface area (Å²) >= 11 is 0. The third-order valence-corrected chi connectivity index (χ3v) is 4.04. The number of nitrogens with two attached hydrogens (primary N) is 1. The van der Waals surface area contributed by atoms with Crippen LogP contribution in [0.25, 0.3) is 0 Å². The summed E-state index contributed by atoms with van der Waals surface area (Å²) in [5, 5.41) is 2.97. The van der Waals surface area contributed by atoms with Gasteiger partial charge >= 0.3 is 0 Å². The number of rotatable bonds is 4. The van der Waals surface area contributed by atoms with Gasteiger partial charge in [0.15, 0.2) is 0 Å². The molecule has 20 heavy (non-hydrogen) atoms. The number of amides is 1. The predicted octanol–water partition coefficient (Wildman–Crippen LogP) is 4.30. The largest absolute Gasteiger partial charge is 0.399 e. The molecule has 0 saturated heterocycles. The number of benzene rings is 1. The third-order valence-electron chi connectivity index (χ3n) is 4.04. The van der Waals surface area contributed by atoms with Gasteiger partial charge < -0.3 is 11.1 Å². The summed E-state index contributed by atoms with van der Waals surface area (Å²) < 4.78 is 0. The maximum Gasteiger partial charge on any atom is 0.224 e. The monoisotopic (exact) mass is 296 g/mol. The van der Waals surface area contributed by atoms with Gasteiger partial charge in [0.05, 0.1) is 0 Å². The first-order chi connectivity index (χ1) is 9.15. The van der Waals surface area contributed by atoms with E-state index in [1.54, 1.807) is 0 Å². The Bertz CT molecular complexity index is 442. The summed E-state index contributed by atoms with van der Waals surface area (Å²) in [6, 6.07) is 5.62. The molecule has 0 radical (unpaired) electrons. The Balaban J connectivity index is 0.00000200. The molecule has 0 aromatic heterocycles. The summed E-state index contributed by atoms with van der Waals surface area (Å²) in [4.78, 5) is 12.0. The highest BCUT2D eigenvalue weighted by Gasteiger charge is 2.15. The zero-order chi connectivity index (χ0) is 13.7. The average molecular weight is 297 g/mol. The van der Waals surface area contributed by atoms with E-state index in [1.807, 2.05) is 25.1 Å². The van der Waals surface area contributed by atoms with Crippen molar-refractivity contribution >= 4 is 29.7 Å². The number of anilines is 2.